The van der Waals surface area contributed by atoms with Crippen LogP contribution in [-0.4, -0.2) is 18.7 Å². The molecular weight excluding hydrogens is 156 g/mol. The zero-order chi connectivity index (χ0) is 7.82. The molecule has 0 aromatic rings. The van der Waals surface area contributed by atoms with Crippen molar-refractivity contribution in [3.63, 3.8) is 0 Å². The van der Waals surface area contributed by atoms with Gasteiger partial charge >= 0.3 is 6.09 Å². The van der Waals surface area contributed by atoms with Crippen LogP contribution < -0.4 is 10.9 Å². The molecule has 2 N–H and O–H groups in total. The number of hydrogen-bond acceptors (Lipinski definition) is 3. The highest BCUT2D eigenvalue weighted by molar-refractivity contribution is 6.17. The zero-order valence-corrected chi connectivity index (χ0v) is 6.57. The van der Waals surface area contributed by atoms with Crippen LogP contribution in [0.15, 0.2) is 0 Å². The molecule has 4 nitrogen and oxygen atoms in total. The lowest BCUT2D eigenvalue weighted by molar-refractivity contribution is 0.159. The average molecular weight is 167 g/mol. The van der Waals surface area contributed by atoms with Crippen LogP contribution in [0.1, 0.15) is 13.3 Å². The lowest BCUT2D eigenvalue weighted by atomic mass is 10.5. The van der Waals surface area contributed by atoms with Gasteiger partial charge in [0.25, 0.3) is 0 Å². The van der Waals surface area contributed by atoms with E-state index in [0.29, 0.717) is 0 Å². The van der Waals surface area contributed by atoms with Crippen LogP contribution in [0, 0.1) is 0 Å². The Labute approximate surface area is 64.8 Å². The summed E-state index contributed by atoms with van der Waals surface area (Å²) in [4.78, 5) is 10.4. The van der Waals surface area contributed by atoms with Crippen LogP contribution in [-0.2, 0) is 4.74 Å². The largest absolute Gasteiger partial charge is 0.432 e. The monoisotopic (exact) mass is 166 g/mol. The predicted molar refractivity (Wildman–Crippen MR) is 38.6 cm³/mol. The molecule has 0 saturated heterocycles. The van der Waals surface area contributed by atoms with Crippen molar-refractivity contribution in [3.8, 4) is 0 Å². The second kappa shape index (κ2) is 6.64. The topological polar surface area (TPSA) is 50.4 Å². The molecule has 0 aromatic carbocycles. The Morgan fingerprint density at radius 1 is 1.70 bits per heavy atom. The molecule has 0 aliphatic rings. The number of ether oxygens (including phenoxy) is 1. The molecule has 0 aromatic heterocycles. The Morgan fingerprint density at radius 3 is 2.90 bits per heavy atom. The van der Waals surface area contributed by atoms with E-state index in [0.717, 1.165) is 13.0 Å². The lowest BCUT2D eigenvalue weighted by Gasteiger charge is -2.03. The van der Waals surface area contributed by atoms with Gasteiger partial charge < -0.3 is 4.74 Å². The number of halogens is 1. The summed E-state index contributed by atoms with van der Waals surface area (Å²) in [5, 5.41) is 0. The fourth-order valence-corrected chi connectivity index (χ4v) is 0.444. The summed E-state index contributed by atoms with van der Waals surface area (Å²) in [5.41, 5.74) is 4.93. The molecule has 10 heavy (non-hydrogen) atoms. The Morgan fingerprint density at radius 2 is 2.40 bits per heavy atom. The first-order chi connectivity index (χ1) is 4.81. The molecular formula is C5H11ClN2O2. The first-order valence-electron chi connectivity index (χ1n) is 3.02. The second-order valence-electron chi connectivity index (χ2n) is 1.59. The van der Waals surface area contributed by atoms with Gasteiger partial charge in [-0.3, -0.25) is 5.43 Å². The standard InChI is InChI=1S/C5H11ClN2O2/c1-2-3-7-8-5(9)10-4-6/h7H,2-4H2,1H3,(H,8,9). The van der Waals surface area contributed by atoms with Crippen molar-refractivity contribution < 1.29 is 9.53 Å². The van der Waals surface area contributed by atoms with Crippen molar-refractivity contribution in [2.75, 3.05) is 12.6 Å². The van der Waals surface area contributed by atoms with Crippen molar-refractivity contribution >= 4 is 17.7 Å². The van der Waals surface area contributed by atoms with Crippen molar-refractivity contribution in [2.45, 2.75) is 13.3 Å². The highest BCUT2D eigenvalue weighted by Crippen LogP contribution is 1.78. The van der Waals surface area contributed by atoms with E-state index in [1.165, 1.54) is 0 Å². The Hall–Kier alpha value is -0.480. The Kier molecular flexibility index (Phi) is 6.32. The number of hydrogen-bond donors (Lipinski definition) is 2. The van der Waals surface area contributed by atoms with Crippen LogP contribution in [0.2, 0.25) is 0 Å². The maximum Gasteiger partial charge on any atom is 0.422 e. The summed E-state index contributed by atoms with van der Waals surface area (Å²) in [5.74, 6) is 0. The van der Waals surface area contributed by atoms with Gasteiger partial charge in [0, 0.05) is 6.54 Å². The maximum absolute atomic E-state index is 10.4. The molecule has 5 heteroatoms. The molecule has 0 aliphatic heterocycles. The third-order valence-corrected chi connectivity index (χ3v) is 0.860. The fourth-order valence-electron chi connectivity index (χ4n) is 0.345. The van der Waals surface area contributed by atoms with Gasteiger partial charge in [0.2, 0.25) is 0 Å². The highest BCUT2D eigenvalue weighted by Gasteiger charge is 1.95. The molecule has 1 amide bonds. The average Bonchev–Trinajstić information content (AvgIpc) is 1.89. The van der Waals surface area contributed by atoms with E-state index in [4.69, 9.17) is 11.6 Å². The van der Waals surface area contributed by atoms with Crippen molar-refractivity contribution in [1.29, 1.82) is 0 Å². The van der Waals surface area contributed by atoms with E-state index in [1.54, 1.807) is 0 Å². The van der Waals surface area contributed by atoms with Crippen LogP contribution in [0.4, 0.5) is 4.79 Å². The lowest BCUT2D eigenvalue weighted by Crippen LogP contribution is -2.37. The molecule has 0 unspecified atom stereocenters. The fraction of sp³-hybridized carbons (Fsp3) is 0.800. The summed E-state index contributed by atoms with van der Waals surface area (Å²) >= 11 is 5.10. The predicted octanol–water partition coefficient (Wildman–Crippen LogP) is 0.824. The summed E-state index contributed by atoms with van der Waals surface area (Å²) in [7, 11) is 0. The highest BCUT2D eigenvalue weighted by atomic mass is 35.5. The molecule has 0 atom stereocenters. The van der Waals surface area contributed by atoms with Gasteiger partial charge in [0.1, 0.15) is 0 Å². The molecule has 0 rings (SSSR count). The minimum atomic E-state index is -0.552. The van der Waals surface area contributed by atoms with Gasteiger partial charge in [-0.2, -0.15) is 0 Å². The maximum atomic E-state index is 10.4. The minimum absolute atomic E-state index is 0.125. The van der Waals surface area contributed by atoms with Gasteiger partial charge in [0.15, 0.2) is 6.07 Å². The van der Waals surface area contributed by atoms with Crippen molar-refractivity contribution in [2.24, 2.45) is 0 Å². The van der Waals surface area contributed by atoms with E-state index >= 15 is 0 Å². The van der Waals surface area contributed by atoms with Gasteiger partial charge in [0.05, 0.1) is 0 Å². The summed E-state index contributed by atoms with van der Waals surface area (Å²) in [6.07, 6.45) is 0.393. The van der Waals surface area contributed by atoms with Gasteiger partial charge in [-0.1, -0.05) is 18.5 Å². The smallest absolute Gasteiger partial charge is 0.422 e. The van der Waals surface area contributed by atoms with Crippen molar-refractivity contribution in [3.05, 3.63) is 0 Å². The van der Waals surface area contributed by atoms with E-state index < -0.39 is 6.09 Å². The molecule has 0 aliphatic carbocycles. The molecule has 0 bridgehead atoms. The molecule has 60 valence electrons. The SMILES string of the molecule is CCCNNC(=O)OCCl. The van der Waals surface area contributed by atoms with Crippen LogP contribution >= 0.6 is 11.6 Å². The quantitative estimate of drug-likeness (QED) is 0.370. The van der Waals surface area contributed by atoms with Crippen molar-refractivity contribution in [1.82, 2.24) is 10.9 Å². The van der Waals surface area contributed by atoms with E-state index in [-0.39, 0.29) is 6.07 Å². The number of amides is 1. The normalized spacial score (nSPS) is 9.00. The first kappa shape index (κ1) is 9.52. The molecule has 0 heterocycles. The second-order valence-corrected chi connectivity index (χ2v) is 1.81. The van der Waals surface area contributed by atoms with E-state index in [9.17, 15) is 4.79 Å². The molecule has 0 radical (unpaired) electrons. The number of alkyl halides is 1. The first-order valence-corrected chi connectivity index (χ1v) is 3.56. The van der Waals surface area contributed by atoms with Crippen LogP contribution in [0.5, 0.6) is 0 Å². The van der Waals surface area contributed by atoms with Gasteiger partial charge in [-0.15, -0.1) is 0 Å². The van der Waals surface area contributed by atoms with E-state index in [1.807, 2.05) is 6.92 Å². The number of carbonyl (C=O) groups is 1. The third kappa shape index (κ3) is 5.65. The molecule has 0 spiro atoms. The number of hydrazine groups is 1. The van der Waals surface area contributed by atoms with Crippen LogP contribution in [0.25, 0.3) is 0 Å². The number of rotatable bonds is 4. The van der Waals surface area contributed by atoms with Gasteiger partial charge in [-0.05, 0) is 6.42 Å². The number of nitrogens with one attached hydrogen (secondary N) is 2. The molecule has 0 saturated carbocycles. The summed E-state index contributed by atoms with van der Waals surface area (Å²) in [6.45, 7) is 2.71. The number of carbonyl (C=O) groups excluding carboxylic acids is 1. The third-order valence-electron chi connectivity index (χ3n) is 0.751. The summed E-state index contributed by atoms with van der Waals surface area (Å²) < 4.78 is 4.34. The van der Waals surface area contributed by atoms with Gasteiger partial charge in [-0.25, -0.2) is 10.2 Å². The summed E-state index contributed by atoms with van der Waals surface area (Å²) in [6, 6.07) is -0.125. The Balaban J connectivity index is 3.05. The van der Waals surface area contributed by atoms with E-state index in [2.05, 4.69) is 15.6 Å². The van der Waals surface area contributed by atoms with Crippen LogP contribution in [0.3, 0.4) is 0 Å². The Bertz CT molecular complexity index is 99.6. The minimum Gasteiger partial charge on any atom is -0.432 e. The molecule has 0 fully saturated rings. The zero-order valence-electron chi connectivity index (χ0n) is 5.82.